The SMILES string of the molecule is CCOc1ccccc1OCC(=O)Nc1ccc(OC)cc1OC. The molecular weight excluding hydrogens is 310 g/mol. The van der Waals surface area contributed by atoms with Crippen LogP contribution in [0.4, 0.5) is 5.69 Å². The number of anilines is 1. The molecule has 0 heterocycles. The van der Waals surface area contributed by atoms with E-state index >= 15 is 0 Å². The normalized spacial score (nSPS) is 9.96. The molecule has 0 atom stereocenters. The lowest BCUT2D eigenvalue weighted by Gasteiger charge is -2.13. The fourth-order valence-corrected chi connectivity index (χ4v) is 2.08. The highest BCUT2D eigenvalue weighted by atomic mass is 16.5. The van der Waals surface area contributed by atoms with Crippen molar-refractivity contribution < 1.29 is 23.7 Å². The highest BCUT2D eigenvalue weighted by molar-refractivity contribution is 5.93. The van der Waals surface area contributed by atoms with Gasteiger partial charge in [0.25, 0.3) is 5.91 Å². The lowest BCUT2D eigenvalue weighted by Crippen LogP contribution is -2.20. The third-order valence-electron chi connectivity index (χ3n) is 3.19. The molecule has 2 rings (SSSR count). The number of rotatable bonds is 8. The first-order valence-corrected chi connectivity index (χ1v) is 7.54. The quantitative estimate of drug-likeness (QED) is 0.805. The molecule has 0 aliphatic rings. The zero-order valence-corrected chi connectivity index (χ0v) is 14.0. The summed E-state index contributed by atoms with van der Waals surface area (Å²) in [6.45, 7) is 2.27. The lowest BCUT2D eigenvalue weighted by molar-refractivity contribution is -0.118. The number of methoxy groups -OCH3 is 2. The average Bonchev–Trinajstić information content (AvgIpc) is 2.61. The molecule has 6 heteroatoms. The molecule has 0 spiro atoms. The molecule has 2 aromatic carbocycles. The molecule has 0 aliphatic carbocycles. The van der Waals surface area contributed by atoms with Crippen LogP contribution in [0.25, 0.3) is 0 Å². The van der Waals surface area contributed by atoms with Gasteiger partial charge in [-0.05, 0) is 31.2 Å². The molecule has 24 heavy (non-hydrogen) atoms. The summed E-state index contributed by atoms with van der Waals surface area (Å²) in [5, 5.41) is 2.75. The zero-order valence-electron chi connectivity index (χ0n) is 14.0. The van der Waals surface area contributed by atoms with Crippen molar-refractivity contribution in [2.75, 3.05) is 32.8 Å². The van der Waals surface area contributed by atoms with Crippen molar-refractivity contribution in [2.45, 2.75) is 6.92 Å². The van der Waals surface area contributed by atoms with Crippen molar-refractivity contribution in [1.29, 1.82) is 0 Å². The van der Waals surface area contributed by atoms with Crippen LogP contribution in [0.5, 0.6) is 23.0 Å². The monoisotopic (exact) mass is 331 g/mol. The van der Waals surface area contributed by atoms with E-state index in [1.807, 2.05) is 19.1 Å². The van der Waals surface area contributed by atoms with Gasteiger partial charge in [-0.2, -0.15) is 0 Å². The second-order valence-corrected chi connectivity index (χ2v) is 4.78. The Hall–Kier alpha value is -2.89. The van der Waals surface area contributed by atoms with Crippen LogP contribution in [0.3, 0.4) is 0 Å². The molecule has 0 saturated heterocycles. The number of nitrogens with one attached hydrogen (secondary N) is 1. The predicted molar refractivity (Wildman–Crippen MR) is 91.3 cm³/mol. The van der Waals surface area contributed by atoms with Gasteiger partial charge in [0.05, 0.1) is 26.5 Å². The average molecular weight is 331 g/mol. The summed E-state index contributed by atoms with van der Waals surface area (Å²) in [7, 11) is 3.09. The Balaban J connectivity index is 1.99. The second kappa shape index (κ2) is 8.67. The van der Waals surface area contributed by atoms with Gasteiger partial charge in [0, 0.05) is 6.07 Å². The van der Waals surface area contributed by atoms with Crippen LogP contribution in [-0.2, 0) is 4.79 Å². The van der Waals surface area contributed by atoms with E-state index < -0.39 is 0 Å². The maximum atomic E-state index is 12.1. The molecule has 0 unspecified atom stereocenters. The predicted octanol–water partition coefficient (Wildman–Crippen LogP) is 3.12. The summed E-state index contributed by atoms with van der Waals surface area (Å²) in [6, 6.07) is 12.4. The van der Waals surface area contributed by atoms with E-state index in [1.54, 1.807) is 37.4 Å². The molecule has 0 aliphatic heterocycles. The van der Waals surface area contributed by atoms with Crippen molar-refractivity contribution in [3.63, 3.8) is 0 Å². The summed E-state index contributed by atoms with van der Waals surface area (Å²) < 4.78 is 21.4. The van der Waals surface area contributed by atoms with Crippen molar-refractivity contribution >= 4 is 11.6 Å². The van der Waals surface area contributed by atoms with Crippen LogP contribution in [0.1, 0.15) is 6.92 Å². The second-order valence-electron chi connectivity index (χ2n) is 4.78. The lowest BCUT2D eigenvalue weighted by atomic mass is 10.2. The van der Waals surface area contributed by atoms with Crippen LogP contribution < -0.4 is 24.3 Å². The fraction of sp³-hybridized carbons (Fsp3) is 0.278. The molecule has 128 valence electrons. The van der Waals surface area contributed by atoms with E-state index in [0.717, 1.165) is 0 Å². The van der Waals surface area contributed by atoms with Gasteiger partial charge in [-0.1, -0.05) is 12.1 Å². The molecule has 0 fully saturated rings. The third-order valence-corrected chi connectivity index (χ3v) is 3.19. The minimum absolute atomic E-state index is 0.140. The first-order chi connectivity index (χ1) is 11.7. The summed E-state index contributed by atoms with van der Waals surface area (Å²) in [5.74, 6) is 1.99. The molecular formula is C18H21NO5. The molecule has 0 bridgehead atoms. The van der Waals surface area contributed by atoms with E-state index in [2.05, 4.69) is 5.32 Å². The zero-order chi connectivity index (χ0) is 17.4. The minimum Gasteiger partial charge on any atom is -0.497 e. The van der Waals surface area contributed by atoms with Crippen LogP contribution >= 0.6 is 0 Å². The largest absolute Gasteiger partial charge is 0.497 e. The van der Waals surface area contributed by atoms with Gasteiger partial charge in [-0.3, -0.25) is 4.79 Å². The molecule has 2 aromatic rings. The number of carbonyl (C=O) groups excluding carboxylic acids is 1. The number of benzene rings is 2. The first-order valence-electron chi connectivity index (χ1n) is 7.54. The van der Waals surface area contributed by atoms with E-state index in [4.69, 9.17) is 18.9 Å². The Morgan fingerprint density at radius 1 is 0.958 bits per heavy atom. The number of carbonyl (C=O) groups is 1. The van der Waals surface area contributed by atoms with Crippen LogP contribution in [0.15, 0.2) is 42.5 Å². The molecule has 0 aromatic heterocycles. The number of para-hydroxylation sites is 2. The molecule has 1 N–H and O–H groups in total. The van der Waals surface area contributed by atoms with E-state index in [9.17, 15) is 4.79 Å². The Labute approximate surface area is 141 Å². The highest BCUT2D eigenvalue weighted by Gasteiger charge is 2.11. The summed E-state index contributed by atoms with van der Waals surface area (Å²) in [5.41, 5.74) is 0.546. The maximum absolute atomic E-state index is 12.1. The van der Waals surface area contributed by atoms with Crippen molar-refractivity contribution in [3.05, 3.63) is 42.5 Å². The van der Waals surface area contributed by atoms with Crippen molar-refractivity contribution in [2.24, 2.45) is 0 Å². The molecule has 0 radical (unpaired) electrons. The highest BCUT2D eigenvalue weighted by Crippen LogP contribution is 2.29. The third kappa shape index (κ3) is 4.55. The number of amides is 1. The Morgan fingerprint density at radius 2 is 1.67 bits per heavy atom. The van der Waals surface area contributed by atoms with E-state index in [0.29, 0.717) is 35.3 Å². The van der Waals surface area contributed by atoms with Gasteiger partial charge in [-0.15, -0.1) is 0 Å². The number of hydrogen-bond donors (Lipinski definition) is 1. The van der Waals surface area contributed by atoms with Gasteiger partial charge >= 0.3 is 0 Å². The van der Waals surface area contributed by atoms with Gasteiger partial charge in [0.2, 0.25) is 0 Å². The molecule has 6 nitrogen and oxygen atoms in total. The Kier molecular flexibility index (Phi) is 6.31. The number of ether oxygens (including phenoxy) is 4. The topological polar surface area (TPSA) is 66.0 Å². The maximum Gasteiger partial charge on any atom is 0.262 e. The van der Waals surface area contributed by atoms with Gasteiger partial charge in [0.1, 0.15) is 11.5 Å². The van der Waals surface area contributed by atoms with E-state index in [1.165, 1.54) is 7.11 Å². The van der Waals surface area contributed by atoms with Crippen molar-refractivity contribution in [1.82, 2.24) is 0 Å². The van der Waals surface area contributed by atoms with E-state index in [-0.39, 0.29) is 12.5 Å². The smallest absolute Gasteiger partial charge is 0.262 e. The first kappa shape index (κ1) is 17.5. The van der Waals surface area contributed by atoms with Gasteiger partial charge in [-0.25, -0.2) is 0 Å². The standard InChI is InChI=1S/C18H21NO5/c1-4-23-15-7-5-6-8-16(15)24-12-18(20)19-14-10-9-13(21-2)11-17(14)22-3/h5-11H,4,12H2,1-3H3,(H,19,20). The van der Waals surface area contributed by atoms with Crippen molar-refractivity contribution in [3.8, 4) is 23.0 Å². The summed E-state index contributed by atoms with van der Waals surface area (Å²) in [6.07, 6.45) is 0. The fourth-order valence-electron chi connectivity index (χ4n) is 2.08. The Bertz CT molecular complexity index is 687. The van der Waals surface area contributed by atoms with Crippen LogP contribution in [-0.4, -0.2) is 33.3 Å². The molecule has 0 saturated carbocycles. The summed E-state index contributed by atoms with van der Waals surface area (Å²) in [4.78, 5) is 12.1. The van der Waals surface area contributed by atoms with Gasteiger partial charge in [0.15, 0.2) is 18.1 Å². The Morgan fingerprint density at radius 3 is 2.29 bits per heavy atom. The summed E-state index contributed by atoms with van der Waals surface area (Å²) >= 11 is 0. The number of hydrogen-bond acceptors (Lipinski definition) is 5. The van der Waals surface area contributed by atoms with Gasteiger partial charge < -0.3 is 24.3 Å². The van der Waals surface area contributed by atoms with Crippen LogP contribution in [0.2, 0.25) is 0 Å². The molecule has 1 amide bonds. The van der Waals surface area contributed by atoms with Crippen LogP contribution in [0, 0.1) is 0 Å². The minimum atomic E-state index is -0.301.